The van der Waals surface area contributed by atoms with Crippen molar-refractivity contribution in [3.8, 4) is 22.5 Å². The highest BCUT2D eigenvalue weighted by molar-refractivity contribution is 7.91. The van der Waals surface area contributed by atoms with Crippen LogP contribution in [0.3, 0.4) is 0 Å². The molecule has 0 saturated carbocycles. The molecule has 8 heteroatoms. The van der Waals surface area contributed by atoms with Crippen LogP contribution < -0.4 is 0 Å². The molecule has 0 atom stereocenters. The second-order valence-corrected chi connectivity index (χ2v) is 8.49. The minimum atomic E-state index is -3.80. The maximum Gasteiger partial charge on any atom is 0.211 e. The van der Waals surface area contributed by atoms with Crippen LogP contribution in [0.1, 0.15) is 0 Å². The normalized spacial score (nSPS) is 11.6. The van der Waals surface area contributed by atoms with Crippen LogP contribution in [0.15, 0.2) is 101 Å². The van der Waals surface area contributed by atoms with Crippen LogP contribution in [0.2, 0.25) is 0 Å². The smallest absolute Gasteiger partial charge is 0.211 e. The van der Waals surface area contributed by atoms with Gasteiger partial charge in [-0.1, -0.05) is 18.2 Å². The second-order valence-electron chi connectivity index (χ2n) is 6.57. The third-order valence-corrected chi connectivity index (χ3v) is 6.46. The van der Waals surface area contributed by atoms with Crippen molar-refractivity contribution >= 4 is 15.5 Å². The molecule has 4 heterocycles. The summed E-state index contributed by atoms with van der Waals surface area (Å²) in [6.07, 6.45) is 8.09. The quantitative estimate of drug-likeness (QED) is 0.446. The first kappa shape index (κ1) is 18.1. The number of fused-ring (bicyclic) bond motifs is 1. The highest BCUT2D eigenvalue weighted by atomic mass is 32.2. The van der Waals surface area contributed by atoms with Gasteiger partial charge in [-0.3, -0.25) is 9.97 Å². The van der Waals surface area contributed by atoms with E-state index in [9.17, 15) is 8.42 Å². The van der Waals surface area contributed by atoms with Gasteiger partial charge in [0.05, 0.1) is 22.5 Å². The summed E-state index contributed by atoms with van der Waals surface area (Å²) in [4.78, 5) is 13.2. The van der Waals surface area contributed by atoms with Crippen LogP contribution >= 0.6 is 0 Å². The fourth-order valence-electron chi connectivity index (χ4n) is 3.24. The molecule has 0 aliphatic carbocycles. The third kappa shape index (κ3) is 3.03. The first-order valence-electron chi connectivity index (χ1n) is 9.14. The summed E-state index contributed by atoms with van der Waals surface area (Å²) in [6.45, 7) is 0. The van der Waals surface area contributed by atoms with E-state index in [0.29, 0.717) is 11.4 Å². The van der Waals surface area contributed by atoms with Crippen molar-refractivity contribution in [2.45, 2.75) is 9.79 Å². The first-order valence-corrected chi connectivity index (χ1v) is 10.6. The van der Waals surface area contributed by atoms with E-state index in [1.54, 1.807) is 55.1 Å². The summed E-state index contributed by atoms with van der Waals surface area (Å²) in [6, 6.07) is 17.5. The second kappa shape index (κ2) is 7.16. The van der Waals surface area contributed by atoms with E-state index in [-0.39, 0.29) is 15.4 Å². The van der Waals surface area contributed by atoms with Gasteiger partial charge in [-0.25, -0.2) is 17.9 Å². The number of pyridine rings is 2. The zero-order chi connectivity index (χ0) is 20.6. The van der Waals surface area contributed by atoms with Gasteiger partial charge in [-0.05, 0) is 42.5 Å². The van der Waals surface area contributed by atoms with Crippen LogP contribution in [0.4, 0.5) is 0 Å². The summed E-state index contributed by atoms with van der Waals surface area (Å²) in [5, 5.41) is 4.35. The van der Waals surface area contributed by atoms with Crippen molar-refractivity contribution in [1.82, 2.24) is 24.6 Å². The maximum absolute atomic E-state index is 13.3. The Kier molecular flexibility index (Phi) is 4.33. The van der Waals surface area contributed by atoms with Gasteiger partial charge >= 0.3 is 0 Å². The molecule has 0 fully saturated rings. The summed E-state index contributed by atoms with van der Waals surface area (Å²) in [5.74, 6) is 0. The Labute approximate surface area is 172 Å². The molecule has 4 aromatic heterocycles. The standard InChI is InChI=1S/C22H15N5O2S/c28-30(29,18-8-2-1-3-9-18)21-15-25-27-20(17-7-5-11-24-14-17)12-19(26-22(21)27)16-6-4-10-23-13-16/h1-15H. The van der Waals surface area contributed by atoms with Gasteiger partial charge in [0.15, 0.2) is 5.65 Å². The monoisotopic (exact) mass is 413 g/mol. The fraction of sp³-hybridized carbons (Fsp3) is 0. The van der Waals surface area contributed by atoms with Crippen molar-refractivity contribution in [2.75, 3.05) is 0 Å². The topological polar surface area (TPSA) is 90.1 Å². The highest BCUT2D eigenvalue weighted by Crippen LogP contribution is 2.30. The lowest BCUT2D eigenvalue weighted by Crippen LogP contribution is -2.04. The van der Waals surface area contributed by atoms with Gasteiger partial charge < -0.3 is 0 Å². The largest absolute Gasteiger partial charge is 0.264 e. The van der Waals surface area contributed by atoms with Gasteiger partial charge in [0.1, 0.15) is 4.90 Å². The van der Waals surface area contributed by atoms with E-state index in [4.69, 9.17) is 0 Å². The molecular weight excluding hydrogens is 398 g/mol. The summed E-state index contributed by atoms with van der Waals surface area (Å²) in [5.41, 5.74) is 3.09. The van der Waals surface area contributed by atoms with Gasteiger partial charge in [0, 0.05) is 35.9 Å². The average Bonchev–Trinajstić information content (AvgIpc) is 3.25. The lowest BCUT2D eigenvalue weighted by molar-refractivity contribution is 0.597. The lowest BCUT2D eigenvalue weighted by Gasteiger charge is -2.09. The van der Waals surface area contributed by atoms with Crippen molar-refractivity contribution in [2.24, 2.45) is 0 Å². The molecule has 0 radical (unpaired) electrons. The number of sulfone groups is 1. The minimum Gasteiger partial charge on any atom is -0.264 e. The summed E-state index contributed by atoms with van der Waals surface area (Å²) < 4.78 is 28.1. The zero-order valence-corrected chi connectivity index (χ0v) is 16.4. The molecule has 0 bridgehead atoms. The van der Waals surface area contributed by atoms with Crippen LogP contribution in [-0.4, -0.2) is 33.0 Å². The molecule has 5 aromatic rings. The van der Waals surface area contributed by atoms with E-state index in [0.717, 1.165) is 11.1 Å². The van der Waals surface area contributed by atoms with E-state index in [2.05, 4.69) is 20.1 Å². The molecule has 0 unspecified atom stereocenters. The Hall–Kier alpha value is -3.91. The van der Waals surface area contributed by atoms with Crippen molar-refractivity contribution < 1.29 is 8.42 Å². The number of benzene rings is 1. The molecule has 0 saturated heterocycles. The molecule has 1 aromatic carbocycles. The molecule has 0 amide bonds. The Morgan fingerprint density at radius 2 is 1.47 bits per heavy atom. The molecule has 5 rings (SSSR count). The van der Waals surface area contributed by atoms with Crippen LogP contribution in [0.5, 0.6) is 0 Å². The van der Waals surface area contributed by atoms with Crippen molar-refractivity contribution in [3.63, 3.8) is 0 Å². The predicted octanol–water partition coefficient (Wildman–Crippen LogP) is 3.69. The van der Waals surface area contributed by atoms with Gasteiger partial charge in [-0.15, -0.1) is 0 Å². The van der Waals surface area contributed by atoms with Crippen LogP contribution in [0.25, 0.3) is 28.2 Å². The number of rotatable bonds is 4. The van der Waals surface area contributed by atoms with Crippen LogP contribution in [-0.2, 0) is 9.84 Å². The molecule has 0 spiro atoms. The molecule has 0 N–H and O–H groups in total. The summed E-state index contributed by atoms with van der Waals surface area (Å²) in [7, 11) is -3.80. The number of aromatic nitrogens is 5. The molecule has 30 heavy (non-hydrogen) atoms. The predicted molar refractivity (Wildman–Crippen MR) is 111 cm³/mol. The first-order chi connectivity index (χ1) is 14.6. The van der Waals surface area contributed by atoms with E-state index < -0.39 is 9.84 Å². The average molecular weight is 413 g/mol. The molecule has 146 valence electrons. The maximum atomic E-state index is 13.3. The van der Waals surface area contributed by atoms with Crippen LogP contribution in [0, 0.1) is 0 Å². The van der Waals surface area contributed by atoms with Crippen molar-refractivity contribution in [3.05, 3.63) is 91.6 Å². The SMILES string of the molecule is O=S(=O)(c1ccccc1)c1cnn2c(-c3cccnc3)cc(-c3cccnc3)nc12. The van der Waals surface area contributed by atoms with E-state index >= 15 is 0 Å². The van der Waals surface area contributed by atoms with E-state index in [1.165, 1.54) is 10.7 Å². The Balaban J connectivity index is 1.82. The lowest BCUT2D eigenvalue weighted by atomic mass is 10.1. The van der Waals surface area contributed by atoms with Gasteiger partial charge in [-0.2, -0.15) is 5.10 Å². The molecular formula is C22H15N5O2S. The fourth-order valence-corrected chi connectivity index (χ4v) is 4.57. The number of nitrogens with zero attached hydrogens (tertiary/aromatic N) is 5. The Morgan fingerprint density at radius 1 is 0.767 bits per heavy atom. The number of hydrogen-bond donors (Lipinski definition) is 0. The number of hydrogen-bond acceptors (Lipinski definition) is 6. The van der Waals surface area contributed by atoms with Gasteiger partial charge in [0.2, 0.25) is 9.84 Å². The van der Waals surface area contributed by atoms with E-state index in [1.807, 2.05) is 30.3 Å². The minimum absolute atomic E-state index is 0.0459. The third-order valence-electron chi connectivity index (χ3n) is 4.70. The van der Waals surface area contributed by atoms with Crippen molar-refractivity contribution in [1.29, 1.82) is 0 Å². The Morgan fingerprint density at radius 3 is 2.13 bits per heavy atom. The Bertz CT molecular complexity index is 1430. The summed E-state index contributed by atoms with van der Waals surface area (Å²) >= 11 is 0. The zero-order valence-electron chi connectivity index (χ0n) is 15.6. The van der Waals surface area contributed by atoms with Gasteiger partial charge in [0.25, 0.3) is 0 Å². The molecule has 0 aliphatic rings. The molecule has 7 nitrogen and oxygen atoms in total. The highest BCUT2D eigenvalue weighted by Gasteiger charge is 2.25. The molecule has 0 aliphatic heterocycles.